The first kappa shape index (κ1) is 20.7. The summed E-state index contributed by atoms with van der Waals surface area (Å²) < 4.78 is 32.2. The summed E-state index contributed by atoms with van der Waals surface area (Å²) in [6.45, 7) is 4.94. The van der Waals surface area contributed by atoms with Crippen LogP contribution in [0.3, 0.4) is 0 Å². The zero-order valence-electron chi connectivity index (χ0n) is 14.9. The molecule has 0 aromatic heterocycles. The number of nitrogens with one attached hydrogen (secondary N) is 1. The summed E-state index contributed by atoms with van der Waals surface area (Å²) in [7, 11) is -3.81. The van der Waals surface area contributed by atoms with Crippen LogP contribution >= 0.6 is 11.6 Å². The van der Waals surface area contributed by atoms with E-state index in [-0.39, 0.29) is 28.6 Å². The summed E-state index contributed by atoms with van der Waals surface area (Å²) in [5, 5.41) is 2.90. The number of benzene rings is 1. The average Bonchev–Trinajstić information content (AvgIpc) is 2.67. The van der Waals surface area contributed by atoms with Gasteiger partial charge >= 0.3 is 0 Å². The molecule has 0 bridgehead atoms. The first-order valence-electron chi connectivity index (χ1n) is 8.47. The topological polar surface area (TPSA) is 75.7 Å². The molecule has 1 aliphatic heterocycles. The third-order valence-corrected chi connectivity index (χ3v) is 7.00. The Morgan fingerprint density at radius 3 is 2.50 bits per heavy atom. The molecular weight excluding hydrogens is 376 g/mol. The summed E-state index contributed by atoms with van der Waals surface area (Å²) in [4.78, 5) is 12.5. The highest BCUT2D eigenvalue weighted by molar-refractivity contribution is 7.89. The molecule has 0 saturated carbocycles. The second-order valence-electron chi connectivity index (χ2n) is 6.05. The van der Waals surface area contributed by atoms with Crippen molar-refractivity contribution in [2.24, 2.45) is 0 Å². The molecule has 0 radical (unpaired) electrons. The Morgan fingerprint density at radius 2 is 1.96 bits per heavy atom. The van der Waals surface area contributed by atoms with Crippen LogP contribution in [0.25, 0.3) is 0 Å². The molecule has 26 heavy (non-hydrogen) atoms. The largest absolute Gasteiger partial charge is 0.379 e. The lowest BCUT2D eigenvalue weighted by atomic mass is 9.93. The van der Waals surface area contributed by atoms with Crippen LogP contribution in [0.1, 0.15) is 37.0 Å². The van der Waals surface area contributed by atoms with Crippen LogP contribution in [0, 0.1) is 12.3 Å². The van der Waals surface area contributed by atoms with E-state index in [0.717, 1.165) is 0 Å². The minimum absolute atomic E-state index is 0.0715. The number of halogens is 1. The Kier molecular flexibility index (Phi) is 6.69. The molecule has 1 fully saturated rings. The fraction of sp³-hybridized carbons (Fsp3) is 0.500. The number of carbonyl (C=O) groups excluding carboxylic acids is 1. The van der Waals surface area contributed by atoms with E-state index in [9.17, 15) is 13.2 Å². The second kappa shape index (κ2) is 8.40. The van der Waals surface area contributed by atoms with Crippen molar-refractivity contribution >= 4 is 27.5 Å². The van der Waals surface area contributed by atoms with E-state index < -0.39 is 21.5 Å². The van der Waals surface area contributed by atoms with Crippen molar-refractivity contribution in [1.29, 1.82) is 0 Å². The van der Waals surface area contributed by atoms with Gasteiger partial charge < -0.3 is 10.1 Å². The fourth-order valence-corrected chi connectivity index (χ4v) is 4.63. The molecule has 0 unspecified atom stereocenters. The monoisotopic (exact) mass is 398 g/mol. The number of hydrogen-bond acceptors (Lipinski definition) is 4. The highest BCUT2D eigenvalue weighted by atomic mass is 35.5. The van der Waals surface area contributed by atoms with Crippen molar-refractivity contribution in [2.75, 3.05) is 26.3 Å². The number of carbonyl (C=O) groups is 1. The van der Waals surface area contributed by atoms with Gasteiger partial charge in [-0.2, -0.15) is 4.31 Å². The van der Waals surface area contributed by atoms with E-state index in [1.165, 1.54) is 22.5 Å². The van der Waals surface area contributed by atoms with E-state index in [2.05, 4.69) is 11.2 Å². The van der Waals surface area contributed by atoms with Crippen molar-refractivity contribution in [3.05, 3.63) is 28.8 Å². The van der Waals surface area contributed by atoms with Crippen molar-refractivity contribution in [1.82, 2.24) is 9.62 Å². The summed E-state index contributed by atoms with van der Waals surface area (Å²) in [5.41, 5.74) is -0.567. The molecule has 1 aliphatic rings. The van der Waals surface area contributed by atoms with Crippen molar-refractivity contribution < 1.29 is 17.9 Å². The first-order chi connectivity index (χ1) is 12.3. The van der Waals surface area contributed by atoms with Crippen LogP contribution in [0.2, 0.25) is 5.02 Å². The maximum absolute atomic E-state index is 12.9. The molecule has 1 amide bonds. The highest BCUT2D eigenvalue weighted by Crippen LogP contribution is 2.27. The lowest BCUT2D eigenvalue weighted by Crippen LogP contribution is -2.46. The zero-order chi connectivity index (χ0) is 19.4. The van der Waals surface area contributed by atoms with Crippen molar-refractivity contribution in [3.8, 4) is 12.3 Å². The normalized spacial score (nSPS) is 16.1. The number of hydrogen-bond donors (Lipinski definition) is 1. The van der Waals surface area contributed by atoms with Gasteiger partial charge in [-0.25, -0.2) is 8.42 Å². The smallest absolute Gasteiger partial charge is 0.252 e. The SMILES string of the molecule is C#CC(CC)(CC)NC(=O)c1ccc(Cl)c(S(=O)(=O)N2CCOCC2)c1. The maximum atomic E-state index is 12.9. The third kappa shape index (κ3) is 4.21. The van der Waals surface area contributed by atoms with Crippen LogP contribution in [0.4, 0.5) is 0 Å². The van der Waals surface area contributed by atoms with Gasteiger partial charge in [0.25, 0.3) is 5.91 Å². The van der Waals surface area contributed by atoms with E-state index >= 15 is 0 Å². The third-order valence-electron chi connectivity index (χ3n) is 4.62. The standard InChI is InChI=1S/C18H23ClN2O4S/c1-4-18(5-2,6-3)20-17(22)14-7-8-15(19)16(13-14)26(23,24)21-9-11-25-12-10-21/h1,7-8,13H,5-6,9-12H2,2-3H3,(H,20,22). The fourth-order valence-electron chi connectivity index (χ4n) is 2.72. The van der Waals surface area contributed by atoms with Gasteiger partial charge in [0.1, 0.15) is 10.4 Å². The van der Waals surface area contributed by atoms with Gasteiger partial charge in [0.05, 0.1) is 18.2 Å². The lowest BCUT2D eigenvalue weighted by Gasteiger charge is -2.28. The Labute approximate surface area is 159 Å². The Hall–Kier alpha value is -1.59. The van der Waals surface area contributed by atoms with Crippen molar-refractivity contribution in [3.63, 3.8) is 0 Å². The molecule has 0 aliphatic carbocycles. The predicted octanol–water partition coefficient (Wildman–Crippen LogP) is 2.28. The molecule has 6 nitrogen and oxygen atoms in total. The van der Waals surface area contributed by atoms with Gasteiger partial charge in [-0.3, -0.25) is 4.79 Å². The molecule has 0 spiro atoms. The van der Waals surface area contributed by atoms with Gasteiger partial charge in [0.15, 0.2) is 0 Å². The molecular formula is C18H23ClN2O4S. The number of rotatable bonds is 6. The molecule has 0 atom stereocenters. The first-order valence-corrected chi connectivity index (χ1v) is 10.3. The van der Waals surface area contributed by atoms with Crippen LogP contribution < -0.4 is 5.32 Å². The van der Waals surface area contributed by atoms with Gasteiger partial charge in [0.2, 0.25) is 10.0 Å². The predicted molar refractivity (Wildman–Crippen MR) is 101 cm³/mol. The number of terminal acetylenes is 1. The van der Waals surface area contributed by atoms with Gasteiger partial charge in [0, 0.05) is 18.7 Å². The molecule has 1 saturated heterocycles. The minimum atomic E-state index is -3.81. The van der Waals surface area contributed by atoms with E-state index in [1.807, 2.05) is 13.8 Å². The molecule has 2 rings (SSSR count). The number of sulfonamides is 1. The Bertz CT molecular complexity index is 807. The average molecular weight is 399 g/mol. The van der Waals surface area contributed by atoms with Gasteiger partial charge in [-0.15, -0.1) is 6.42 Å². The molecule has 1 heterocycles. The van der Waals surface area contributed by atoms with E-state index in [1.54, 1.807) is 0 Å². The number of amides is 1. The molecule has 1 N–H and O–H groups in total. The van der Waals surface area contributed by atoms with Crippen LogP contribution in [-0.2, 0) is 14.8 Å². The molecule has 8 heteroatoms. The maximum Gasteiger partial charge on any atom is 0.252 e. The van der Waals surface area contributed by atoms with Crippen LogP contribution in [-0.4, -0.2) is 50.5 Å². The quantitative estimate of drug-likeness (QED) is 0.746. The van der Waals surface area contributed by atoms with Gasteiger partial charge in [-0.1, -0.05) is 31.4 Å². The number of morpholine rings is 1. The summed E-state index contributed by atoms with van der Waals surface area (Å²) >= 11 is 6.12. The molecule has 142 valence electrons. The number of ether oxygens (including phenoxy) is 1. The highest BCUT2D eigenvalue weighted by Gasteiger charge is 2.30. The minimum Gasteiger partial charge on any atom is -0.379 e. The second-order valence-corrected chi connectivity index (χ2v) is 8.36. The van der Waals surface area contributed by atoms with Gasteiger partial charge in [-0.05, 0) is 31.0 Å². The van der Waals surface area contributed by atoms with Crippen LogP contribution in [0.15, 0.2) is 23.1 Å². The molecule has 1 aromatic rings. The summed E-state index contributed by atoms with van der Waals surface area (Å²) in [5.74, 6) is 2.20. The Morgan fingerprint density at radius 1 is 1.35 bits per heavy atom. The summed E-state index contributed by atoms with van der Waals surface area (Å²) in [6.07, 6.45) is 6.71. The van der Waals surface area contributed by atoms with E-state index in [0.29, 0.717) is 26.1 Å². The Balaban J connectivity index is 2.35. The molecule has 1 aromatic carbocycles. The van der Waals surface area contributed by atoms with E-state index in [4.69, 9.17) is 22.8 Å². The summed E-state index contributed by atoms with van der Waals surface area (Å²) in [6, 6.07) is 4.21. The van der Waals surface area contributed by atoms with Crippen molar-refractivity contribution in [2.45, 2.75) is 37.1 Å². The number of nitrogens with zero attached hydrogens (tertiary/aromatic N) is 1. The zero-order valence-corrected chi connectivity index (χ0v) is 16.5. The van der Waals surface area contributed by atoms with Crippen LogP contribution in [0.5, 0.6) is 0 Å². The lowest BCUT2D eigenvalue weighted by molar-refractivity contribution is 0.0730.